The van der Waals surface area contributed by atoms with Crippen molar-refractivity contribution in [2.45, 2.75) is 31.1 Å². The number of rotatable bonds is 3. The molecule has 0 unspecified atom stereocenters. The Morgan fingerprint density at radius 1 is 1.18 bits per heavy atom. The molecule has 0 amide bonds. The van der Waals surface area contributed by atoms with Crippen molar-refractivity contribution in [3.63, 3.8) is 0 Å². The van der Waals surface area contributed by atoms with Gasteiger partial charge in [0.05, 0.1) is 16.5 Å². The Morgan fingerprint density at radius 3 is 2.50 bits per heavy atom. The maximum Gasteiger partial charge on any atom is 0.165 e. The van der Waals surface area contributed by atoms with Crippen LogP contribution < -0.4 is 11.1 Å². The van der Waals surface area contributed by atoms with E-state index in [0.717, 1.165) is 6.07 Å². The number of hydrogen-bond donors (Lipinski definition) is 2. The molecule has 3 N–H and O–H groups in total. The van der Waals surface area contributed by atoms with Crippen LogP contribution >= 0.6 is 11.6 Å². The molecule has 0 saturated heterocycles. The fourth-order valence-electron chi connectivity index (χ4n) is 2.89. The second-order valence-corrected chi connectivity index (χ2v) is 10.2. The maximum absolute atomic E-state index is 14.6. The number of halogens is 3. The number of benzene rings is 1. The highest BCUT2D eigenvalue weighted by Gasteiger charge is 2.50. The Morgan fingerprint density at radius 2 is 1.86 bits per heavy atom. The SMILES string of the molecule is CC1(C)C(N)=N[C@](C)(c2nc(Nc3cccc(Cl)c3F)ccc2F)CS1(=O)=O. The summed E-state index contributed by atoms with van der Waals surface area (Å²) in [6.45, 7) is 4.34. The van der Waals surface area contributed by atoms with Crippen LogP contribution in [0.3, 0.4) is 0 Å². The number of pyridine rings is 1. The fourth-order valence-corrected chi connectivity index (χ4v) is 4.73. The molecule has 0 saturated carbocycles. The van der Waals surface area contributed by atoms with Gasteiger partial charge in [-0.25, -0.2) is 22.2 Å². The molecule has 2 heterocycles. The van der Waals surface area contributed by atoms with Crippen molar-refractivity contribution >= 4 is 38.8 Å². The molecule has 1 aliphatic heterocycles. The molecule has 10 heteroatoms. The average molecular weight is 429 g/mol. The fraction of sp³-hybridized carbons (Fsp3) is 0.333. The first-order valence-electron chi connectivity index (χ1n) is 8.33. The zero-order valence-corrected chi connectivity index (χ0v) is 17.0. The first-order chi connectivity index (χ1) is 12.9. The largest absolute Gasteiger partial charge is 0.386 e. The summed E-state index contributed by atoms with van der Waals surface area (Å²) in [4.78, 5) is 8.42. The van der Waals surface area contributed by atoms with E-state index in [9.17, 15) is 17.2 Å². The smallest absolute Gasteiger partial charge is 0.165 e. The molecule has 28 heavy (non-hydrogen) atoms. The molecule has 150 valence electrons. The van der Waals surface area contributed by atoms with E-state index < -0.39 is 37.5 Å². The van der Waals surface area contributed by atoms with Gasteiger partial charge < -0.3 is 11.1 Å². The quantitative estimate of drug-likeness (QED) is 0.779. The number of amidine groups is 1. The van der Waals surface area contributed by atoms with Crippen molar-refractivity contribution in [2.24, 2.45) is 10.7 Å². The number of anilines is 2. The summed E-state index contributed by atoms with van der Waals surface area (Å²) in [6.07, 6.45) is 0. The minimum atomic E-state index is -3.73. The molecule has 3 rings (SSSR count). The molecule has 6 nitrogen and oxygen atoms in total. The molecule has 1 aliphatic rings. The average Bonchev–Trinajstić information content (AvgIpc) is 2.58. The molecule has 0 aliphatic carbocycles. The van der Waals surface area contributed by atoms with E-state index in [1.165, 1.54) is 39.0 Å². The van der Waals surface area contributed by atoms with Crippen LogP contribution in [-0.2, 0) is 15.4 Å². The van der Waals surface area contributed by atoms with Crippen molar-refractivity contribution in [3.05, 3.63) is 52.7 Å². The monoisotopic (exact) mass is 428 g/mol. The van der Waals surface area contributed by atoms with Crippen LogP contribution in [0, 0.1) is 11.6 Å². The second kappa shape index (κ2) is 6.66. The highest BCUT2D eigenvalue weighted by molar-refractivity contribution is 7.93. The minimum absolute atomic E-state index is 0.0446. The molecule has 0 radical (unpaired) electrons. The number of nitrogens with zero attached hydrogens (tertiary/aromatic N) is 2. The number of nitrogens with two attached hydrogens (primary N) is 1. The van der Waals surface area contributed by atoms with Gasteiger partial charge in [0, 0.05) is 0 Å². The molecule has 0 bridgehead atoms. The zero-order chi connectivity index (χ0) is 20.9. The van der Waals surface area contributed by atoms with E-state index >= 15 is 0 Å². The van der Waals surface area contributed by atoms with Crippen LogP contribution in [0.5, 0.6) is 0 Å². The standard InChI is InChI=1S/C18H19ClF2N4O2S/c1-17(2)16(22)25-18(3,9-28(17,26)27)15-11(20)7-8-13(24-15)23-12-6-4-5-10(19)14(12)21/h4-8H,9H2,1-3H3,(H2,22,25)(H,23,24)/t18-/m0/s1. The van der Waals surface area contributed by atoms with Crippen molar-refractivity contribution < 1.29 is 17.2 Å². The lowest BCUT2D eigenvalue weighted by atomic mass is 9.98. The third-order valence-electron chi connectivity index (χ3n) is 4.80. The van der Waals surface area contributed by atoms with Crippen LogP contribution in [0.25, 0.3) is 0 Å². The summed E-state index contributed by atoms with van der Waals surface area (Å²) in [5, 5.41) is 2.63. The first kappa shape index (κ1) is 20.5. The van der Waals surface area contributed by atoms with Gasteiger partial charge in [0.1, 0.15) is 33.5 Å². The minimum Gasteiger partial charge on any atom is -0.386 e. The van der Waals surface area contributed by atoms with Crippen molar-refractivity contribution in [1.82, 2.24) is 4.98 Å². The van der Waals surface area contributed by atoms with E-state index in [2.05, 4.69) is 15.3 Å². The molecule has 0 spiro atoms. The second-order valence-electron chi connectivity index (χ2n) is 7.29. The number of hydrogen-bond acceptors (Lipinski definition) is 6. The Balaban J connectivity index is 2.07. The molecule has 1 aromatic heterocycles. The Labute approximate surface area is 166 Å². The number of aliphatic imine (C=N–C) groups is 1. The highest BCUT2D eigenvalue weighted by atomic mass is 35.5. The van der Waals surface area contributed by atoms with Crippen LogP contribution in [0.1, 0.15) is 26.5 Å². The Hall–Kier alpha value is -2.26. The van der Waals surface area contributed by atoms with Gasteiger partial charge in [-0.3, -0.25) is 4.99 Å². The first-order valence-corrected chi connectivity index (χ1v) is 10.4. The van der Waals surface area contributed by atoms with Crippen LogP contribution in [0.4, 0.5) is 20.3 Å². The van der Waals surface area contributed by atoms with Gasteiger partial charge in [-0.05, 0) is 45.0 Å². The summed E-state index contributed by atoms with van der Waals surface area (Å²) in [6, 6.07) is 6.78. The van der Waals surface area contributed by atoms with E-state index in [1.54, 1.807) is 6.07 Å². The van der Waals surface area contributed by atoms with Gasteiger partial charge in [0.15, 0.2) is 15.7 Å². The summed E-state index contributed by atoms with van der Waals surface area (Å²) in [5.74, 6) is -1.91. The Bertz CT molecular complexity index is 1090. The highest BCUT2D eigenvalue weighted by Crippen LogP contribution is 2.37. The molecule has 1 aromatic carbocycles. The number of sulfone groups is 1. The van der Waals surface area contributed by atoms with Crippen molar-refractivity contribution in [2.75, 3.05) is 11.1 Å². The predicted octanol–water partition coefficient (Wildman–Crippen LogP) is 3.54. The lowest BCUT2D eigenvalue weighted by Gasteiger charge is -2.37. The van der Waals surface area contributed by atoms with Gasteiger partial charge in [-0.15, -0.1) is 0 Å². The summed E-state index contributed by atoms with van der Waals surface area (Å²) >= 11 is 5.76. The number of nitrogens with one attached hydrogen (secondary N) is 1. The number of aromatic nitrogens is 1. The summed E-state index contributed by atoms with van der Waals surface area (Å²) in [5.41, 5.74) is 4.21. The van der Waals surface area contributed by atoms with Crippen LogP contribution in [0.2, 0.25) is 5.02 Å². The Kier molecular flexibility index (Phi) is 4.87. The van der Waals surface area contributed by atoms with E-state index in [-0.39, 0.29) is 28.1 Å². The van der Waals surface area contributed by atoms with Gasteiger partial charge in [0.25, 0.3) is 0 Å². The molecule has 2 aromatic rings. The van der Waals surface area contributed by atoms with E-state index in [1.807, 2.05) is 0 Å². The molecular weight excluding hydrogens is 410 g/mol. The van der Waals surface area contributed by atoms with E-state index in [0.29, 0.717) is 0 Å². The van der Waals surface area contributed by atoms with Gasteiger partial charge >= 0.3 is 0 Å². The molecule has 0 fully saturated rings. The normalized spacial score (nSPS) is 23.1. The summed E-state index contributed by atoms with van der Waals surface area (Å²) in [7, 11) is -3.73. The lowest BCUT2D eigenvalue weighted by molar-refractivity contribution is 0.462. The van der Waals surface area contributed by atoms with Crippen molar-refractivity contribution in [3.8, 4) is 0 Å². The topological polar surface area (TPSA) is 97.4 Å². The van der Waals surface area contributed by atoms with Gasteiger partial charge in [-0.2, -0.15) is 0 Å². The van der Waals surface area contributed by atoms with Crippen molar-refractivity contribution in [1.29, 1.82) is 0 Å². The third kappa shape index (κ3) is 3.33. The zero-order valence-electron chi connectivity index (χ0n) is 15.4. The van der Waals surface area contributed by atoms with Gasteiger partial charge in [-0.1, -0.05) is 17.7 Å². The summed E-state index contributed by atoms with van der Waals surface area (Å²) < 4.78 is 52.7. The lowest BCUT2D eigenvalue weighted by Crippen LogP contribution is -2.55. The van der Waals surface area contributed by atoms with E-state index in [4.69, 9.17) is 17.3 Å². The third-order valence-corrected chi connectivity index (χ3v) is 7.80. The van der Waals surface area contributed by atoms with Gasteiger partial charge in [0.2, 0.25) is 0 Å². The van der Waals surface area contributed by atoms with Crippen LogP contribution in [0.15, 0.2) is 35.3 Å². The molecular formula is C18H19ClF2N4O2S. The molecule has 1 atom stereocenters. The maximum atomic E-state index is 14.6. The van der Waals surface area contributed by atoms with Crippen LogP contribution in [-0.4, -0.2) is 29.7 Å². The predicted molar refractivity (Wildman–Crippen MR) is 106 cm³/mol.